The zero-order valence-corrected chi connectivity index (χ0v) is 10.1. The van der Waals surface area contributed by atoms with Gasteiger partial charge in [0.05, 0.1) is 11.7 Å². The largest absolute Gasteiger partial charge is 0.386 e. The molecule has 92 valence electrons. The lowest BCUT2D eigenvalue weighted by Crippen LogP contribution is -2.59. The summed E-state index contributed by atoms with van der Waals surface area (Å²) in [6.07, 6.45) is 5.74. The van der Waals surface area contributed by atoms with E-state index in [-0.39, 0.29) is 11.5 Å². The highest BCUT2D eigenvalue weighted by molar-refractivity contribution is 5.14. The molecule has 3 rings (SSSR count). The van der Waals surface area contributed by atoms with Crippen LogP contribution < -0.4 is 5.73 Å². The van der Waals surface area contributed by atoms with Gasteiger partial charge < -0.3 is 15.6 Å². The molecule has 3 aliphatic rings. The molecule has 0 aromatic rings. The summed E-state index contributed by atoms with van der Waals surface area (Å²) in [4.78, 5) is 0. The number of nitrogens with two attached hydrogens (primary N) is 1. The van der Waals surface area contributed by atoms with E-state index in [1.54, 1.807) is 0 Å². The van der Waals surface area contributed by atoms with Crippen molar-refractivity contribution in [1.82, 2.24) is 0 Å². The predicted molar refractivity (Wildman–Crippen MR) is 61.9 cm³/mol. The first-order valence-electron chi connectivity index (χ1n) is 6.66. The van der Waals surface area contributed by atoms with E-state index in [4.69, 9.17) is 10.5 Å². The molecular formula is C13H23NO2. The van der Waals surface area contributed by atoms with Crippen molar-refractivity contribution in [2.24, 2.45) is 23.0 Å². The molecular weight excluding hydrogens is 202 g/mol. The monoisotopic (exact) mass is 225 g/mol. The molecule has 16 heavy (non-hydrogen) atoms. The van der Waals surface area contributed by atoms with Crippen molar-refractivity contribution in [3.8, 4) is 0 Å². The van der Waals surface area contributed by atoms with Crippen LogP contribution in [0.15, 0.2) is 0 Å². The van der Waals surface area contributed by atoms with Gasteiger partial charge in [0.25, 0.3) is 0 Å². The number of aliphatic hydroxyl groups is 1. The number of rotatable bonds is 2. The van der Waals surface area contributed by atoms with Crippen molar-refractivity contribution >= 4 is 0 Å². The highest BCUT2D eigenvalue weighted by Crippen LogP contribution is 2.62. The van der Waals surface area contributed by atoms with Crippen LogP contribution in [0.25, 0.3) is 0 Å². The van der Waals surface area contributed by atoms with Gasteiger partial charge in [-0.1, -0.05) is 6.42 Å². The number of hydrogen-bond acceptors (Lipinski definition) is 3. The molecule has 5 atom stereocenters. The van der Waals surface area contributed by atoms with Crippen LogP contribution in [0.1, 0.15) is 39.0 Å². The molecule has 3 N–H and O–H groups in total. The van der Waals surface area contributed by atoms with Gasteiger partial charge in [-0.3, -0.25) is 0 Å². The Morgan fingerprint density at radius 3 is 2.69 bits per heavy atom. The summed E-state index contributed by atoms with van der Waals surface area (Å²) < 4.78 is 5.61. The highest BCUT2D eigenvalue weighted by Gasteiger charge is 2.63. The van der Waals surface area contributed by atoms with Crippen LogP contribution in [0.5, 0.6) is 0 Å². The van der Waals surface area contributed by atoms with Crippen LogP contribution in [0.4, 0.5) is 0 Å². The van der Waals surface area contributed by atoms with Crippen LogP contribution in [0.2, 0.25) is 0 Å². The molecule has 1 saturated heterocycles. The topological polar surface area (TPSA) is 55.5 Å². The van der Waals surface area contributed by atoms with Crippen LogP contribution in [-0.2, 0) is 4.74 Å². The normalized spacial score (nSPS) is 56.1. The van der Waals surface area contributed by atoms with E-state index in [0.29, 0.717) is 19.1 Å². The lowest BCUT2D eigenvalue weighted by Gasteiger charge is -2.49. The van der Waals surface area contributed by atoms with Crippen molar-refractivity contribution in [2.45, 2.75) is 50.7 Å². The third-order valence-corrected chi connectivity index (χ3v) is 5.73. The molecule has 2 saturated carbocycles. The number of fused-ring (bicyclic) bond motifs is 2. The summed E-state index contributed by atoms with van der Waals surface area (Å²) in [5.41, 5.74) is 5.35. The minimum atomic E-state index is -0.665. The van der Waals surface area contributed by atoms with Crippen LogP contribution in [0, 0.1) is 17.3 Å². The maximum atomic E-state index is 11.0. The number of ether oxygens (including phenoxy) is 1. The summed E-state index contributed by atoms with van der Waals surface area (Å²) in [6.45, 7) is 3.32. The van der Waals surface area contributed by atoms with E-state index < -0.39 is 5.60 Å². The summed E-state index contributed by atoms with van der Waals surface area (Å²) >= 11 is 0. The first-order chi connectivity index (χ1) is 7.62. The first kappa shape index (κ1) is 11.0. The van der Waals surface area contributed by atoms with Gasteiger partial charge in [0.2, 0.25) is 0 Å². The van der Waals surface area contributed by atoms with E-state index in [0.717, 1.165) is 18.8 Å². The van der Waals surface area contributed by atoms with Gasteiger partial charge in [0, 0.05) is 25.0 Å². The van der Waals surface area contributed by atoms with Gasteiger partial charge in [-0.25, -0.2) is 0 Å². The Balaban J connectivity index is 1.96. The maximum Gasteiger partial charge on any atom is 0.0997 e. The van der Waals surface area contributed by atoms with Crippen LogP contribution in [-0.4, -0.2) is 30.0 Å². The van der Waals surface area contributed by atoms with Gasteiger partial charge in [0.1, 0.15) is 0 Å². The SMILES string of the molecule is CC1OCCC1(O)C1(CN)CC2CCC1C2. The smallest absolute Gasteiger partial charge is 0.0997 e. The first-order valence-corrected chi connectivity index (χ1v) is 6.66. The lowest BCUT2D eigenvalue weighted by atomic mass is 9.60. The molecule has 3 nitrogen and oxygen atoms in total. The Morgan fingerprint density at radius 2 is 2.25 bits per heavy atom. The molecule has 2 bridgehead atoms. The zero-order chi connectivity index (χ0) is 11.4. The average Bonchev–Trinajstić information content (AvgIpc) is 2.95. The molecule has 0 aromatic heterocycles. The van der Waals surface area contributed by atoms with Crippen molar-refractivity contribution in [2.75, 3.05) is 13.2 Å². The van der Waals surface area contributed by atoms with E-state index in [9.17, 15) is 5.11 Å². The molecule has 0 amide bonds. The second kappa shape index (κ2) is 3.44. The third kappa shape index (κ3) is 1.14. The Morgan fingerprint density at radius 1 is 1.44 bits per heavy atom. The highest BCUT2D eigenvalue weighted by atomic mass is 16.5. The Hall–Kier alpha value is -0.120. The molecule has 0 spiro atoms. The number of hydrogen-bond donors (Lipinski definition) is 2. The fraction of sp³-hybridized carbons (Fsp3) is 1.00. The van der Waals surface area contributed by atoms with Crippen molar-refractivity contribution in [3.63, 3.8) is 0 Å². The van der Waals surface area contributed by atoms with Gasteiger partial charge in [-0.15, -0.1) is 0 Å². The Kier molecular flexibility index (Phi) is 2.36. The molecule has 3 fully saturated rings. The summed E-state index contributed by atoms with van der Waals surface area (Å²) in [6, 6.07) is 0. The fourth-order valence-electron chi connectivity index (χ4n) is 4.79. The molecule has 5 unspecified atom stereocenters. The summed E-state index contributed by atoms with van der Waals surface area (Å²) in [5.74, 6) is 1.45. The maximum absolute atomic E-state index is 11.0. The second-order valence-corrected chi connectivity index (χ2v) is 6.13. The van der Waals surface area contributed by atoms with Crippen molar-refractivity contribution in [3.05, 3.63) is 0 Å². The van der Waals surface area contributed by atoms with E-state index >= 15 is 0 Å². The molecule has 0 radical (unpaired) electrons. The van der Waals surface area contributed by atoms with Gasteiger partial charge in [-0.2, -0.15) is 0 Å². The molecule has 1 heterocycles. The minimum Gasteiger partial charge on any atom is -0.386 e. The van der Waals surface area contributed by atoms with Crippen molar-refractivity contribution in [1.29, 1.82) is 0 Å². The standard InChI is InChI=1S/C13H23NO2/c1-9-13(15,4-5-16-9)12(8-14)7-10-2-3-11(12)6-10/h9-11,15H,2-8,14H2,1H3. The van der Waals surface area contributed by atoms with E-state index in [1.165, 1.54) is 19.3 Å². The minimum absolute atomic E-state index is 0.0459. The Bertz CT molecular complexity index is 296. The fourth-order valence-corrected chi connectivity index (χ4v) is 4.79. The molecule has 2 aliphatic carbocycles. The quantitative estimate of drug-likeness (QED) is 0.744. The predicted octanol–water partition coefficient (Wildman–Crippen LogP) is 1.29. The van der Waals surface area contributed by atoms with Gasteiger partial charge in [-0.05, 0) is 38.0 Å². The molecule has 3 heteroatoms. The van der Waals surface area contributed by atoms with Crippen LogP contribution >= 0.6 is 0 Å². The van der Waals surface area contributed by atoms with E-state index in [2.05, 4.69) is 0 Å². The zero-order valence-electron chi connectivity index (χ0n) is 10.1. The van der Waals surface area contributed by atoms with Crippen LogP contribution in [0.3, 0.4) is 0 Å². The van der Waals surface area contributed by atoms with E-state index in [1.807, 2.05) is 6.92 Å². The molecule has 1 aliphatic heterocycles. The van der Waals surface area contributed by atoms with Crippen molar-refractivity contribution < 1.29 is 9.84 Å². The third-order valence-electron chi connectivity index (χ3n) is 5.73. The summed E-state index contributed by atoms with van der Waals surface area (Å²) in [7, 11) is 0. The second-order valence-electron chi connectivity index (χ2n) is 6.13. The lowest BCUT2D eigenvalue weighted by molar-refractivity contribution is -0.140. The average molecular weight is 225 g/mol. The van der Waals surface area contributed by atoms with Gasteiger partial charge in [0.15, 0.2) is 0 Å². The molecule has 0 aromatic carbocycles. The summed E-state index contributed by atoms with van der Waals surface area (Å²) in [5, 5.41) is 11.0. The van der Waals surface area contributed by atoms with Gasteiger partial charge >= 0.3 is 0 Å². The Labute approximate surface area is 97.3 Å².